The van der Waals surface area contributed by atoms with Crippen molar-refractivity contribution in [2.24, 2.45) is 0 Å². The Balaban J connectivity index is 0.00000300. The minimum absolute atomic E-state index is 0. The van der Waals surface area contributed by atoms with Gasteiger partial charge in [-0.1, -0.05) is 31.8 Å². The van der Waals surface area contributed by atoms with Crippen LogP contribution in [0.2, 0.25) is 0 Å². The summed E-state index contributed by atoms with van der Waals surface area (Å²) in [5.41, 5.74) is 0. The van der Waals surface area contributed by atoms with Gasteiger partial charge < -0.3 is 30.2 Å². The number of nitrogens with zero attached hydrogens (tertiary/aromatic N) is 6. The fourth-order valence-electron chi connectivity index (χ4n) is 4.76. The van der Waals surface area contributed by atoms with Gasteiger partial charge in [0.2, 0.25) is 0 Å². The van der Waals surface area contributed by atoms with Gasteiger partial charge in [0.05, 0.1) is 0 Å². The first-order chi connectivity index (χ1) is 13.5. The van der Waals surface area contributed by atoms with Crippen LogP contribution in [0.25, 0.3) is 10.6 Å². The van der Waals surface area contributed by atoms with Gasteiger partial charge in [0.25, 0.3) is 0 Å². The molecule has 3 aliphatic rings. The average Bonchev–Trinajstić information content (AvgIpc) is 2.65. The van der Waals surface area contributed by atoms with Crippen molar-refractivity contribution in [3.63, 3.8) is 0 Å². The molecule has 0 aromatic carbocycles. The summed E-state index contributed by atoms with van der Waals surface area (Å²) >= 11 is 0. The standard InChI is InChI=1S/C22H42N6.Co/c1-25-11-12-26(2)16-21-9-6-10-22(24-21)18-28(4)14-13-27(3)17-20-8-5-7-19(15-25)23-20;/h5,7,19-22H,6,8-18H2,1-4H3;/q-2;+2. The molecule has 169 valence electrons. The molecule has 4 bridgehead atoms. The molecule has 0 aliphatic carbocycles. The van der Waals surface area contributed by atoms with Gasteiger partial charge in [-0.2, -0.15) is 0 Å². The van der Waals surface area contributed by atoms with Crippen molar-refractivity contribution in [3.05, 3.63) is 22.8 Å². The first-order valence-electron chi connectivity index (χ1n) is 11.3. The van der Waals surface area contributed by atoms with E-state index in [1.165, 1.54) is 19.3 Å². The molecule has 0 N–H and O–H groups in total. The Labute approximate surface area is 189 Å². The van der Waals surface area contributed by atoms with Crippen molar-refractivity contribution in [1.82, 2.24) is 19.6 Å². The maximum absolute atomic E-state index is 5.20. The first-order valence-corrected chi connectivity index (χ1v) is 11.3. The zero-order valence-electron chi connectivity index (χ0n) is 19.0. The average molecular weight is 450 g/mol. The number of likely N-dealkylation sites (N-methyl/N-ethyl adjacent to an activating group) is 4. The van der Waals surface area contributed by atoms with E-state index in [0.717, 1.165) is 58.8 Å². The quantitative estimate of drug-likeness (QED) is 0.531. The molecule has 4 unspecified atom stereocenters. The minimum atomic E-state index is 0. The fraction of sp³-hybridized carbons (Fsp3) is 0.909. The van der Waals surface area contributed by atoms with Crippen LogP contribution < -0.4 is 0 Å². The smallest absolute Gasteiger partial charge is 0.655 e. The Morgan fingerprint density at radius 3 is 1.69 bits per heavy atom. The summed E-state index contributed by atoms with van der Waals surface area (Å²) in [5.74, 6) is 0. The molecular formula is C22H42CoN6. The molecule has 1 radical (unpaired) electrons. The van der Waals surface area contributed by atoms with Gasteiger partial charge in [-0.05, 0) is 54.4 Å². The molecule has 0 amide bonds. The van der Waals surface area contributed by atoms with Crippen molar-refractivity contribution >= 4 is 0 Å². The van der Waals surface area contributed by atoms with Crippen molar-refractivity contribution in [1.29, 1.82) is 0 Å². The molecule has 6 nitrogen and oxygen atoms in total. The van der Waals surface area contributed by atoms with Gasteiger partial charge in [-0.25, -0.2) is 0 Å². The molecule has 0 aromatic rings. The van der Waals surface area contributed by atoms with Crippen molar-refractivity contribution < 1.29 is 16.8 Å². The Morgan fingerprint density at radius 1 is 0.655 bits per heavy atom. The minimum Gasteiger partial charge on any atom is -0.655 e. The molecular weight excluding hydrogens is 407 g/mol. The van der Waals surface area contributed by atoms with Crippen LogP contribution in [0.5, 0.6) is 0 Å². The second-order valence-corrected chi connectivity index (χ2v) is 9.47. The predicted octanol–water partition coefficient (Wildman–Crippen LogP) is 2.09. The van der Waals surface area contributed by atoms with Crippen LogP contribution in [-0.4, -0.2) is 124 Å². The van der Waals surface area contributed by atoms with Crippen molar-refractivity contribution in [2.75, 3.05) is 80.5 Å². The number of rotatable bonds is 0. The van der Waals surface area contributed by atoms with E-state index in [-0.39, 0.29) is 16.8 Å². The van der Waals surface area contributed by atoms with Crippen LogP contribution in [0.4, 0.5) is 0 Å². The van der Waals surface area contributed by atoms with E-state index >= 15 is 0 Å². The Hall–Kier alpha value is 0.00649. The van der Waals surface area contributed by atoms with Gasteiger partial charge in [0.15, 0.2) is 0 Å². The molecule has 3 heterocycles. The van der Waals surface area contributed by atoms with E-state index in [0.29, 0.717) is 24.2 Å². The van der Waals surface area contributed by atoms with Crippen LogP contribution in [0.1, 0.15) is 25.7 Å². The second kappa shape index (κ2) is 12.8. The SMILES string of the molecule is CN1CCN(C)CC2CCCC(CN(C)CCN(C)CC3CC=CC(C1)[N-]3)[N-]2.[Co+2]. The summed E-state index contributed by atoms with van der Waals surface area (Å²) in [6, 6.07) is 1.82. The normalized spacial score (nSPS) is 35.4. The third kappa shape index (κ3) is 8.95. The molecule has 29 heavy (non-hydrogen) atoms. The predicted molar refractivity (Wildman–Crippen MR) is 119 cm³/mol. The number of hydrogen-bond acceptors (Lipinski definition) is 4. The Morgan fingerprint density at radius 2 is 1.14 bits per heavy atom. The fourth-order valence-corrected chi connectivity index (χ4v) is 4.76. The van der Waals surface area contributed by atoms with Gasteiger partial charge in [0.1, 0.15) is 0 Å². The Kier molecular flexibility index (Phi) is 11.1. The molecule has 3 rings (SSSR count). The zero-order valence-corrected chi connectivity index (χ0v) is 20.0. The number of fused-ring (bicyclic) bond motifs is 4. The summed E-state index contributed by atoms with van der Waals surface area (Å²) < 4.78 is 0. The maximum atomic E-state index is 5.20. The van der Waals surface area contributed by atoms with Crippen molar-refractivity contribution in [3.8, 4) is 0 Å². The van der Waals surface area contributed by atoms with Crippen LogP contribution in [0.15, 0.2) is 12.2 Å². The van der Waals surface area contributed by atoms with E-state index in [4.69, 9.17) is 10.6 Å². The Bertz CT molecular complexity index is 490. The second-order valence-electron chi connectivity index (χ2n) is 9.47. The summed E-state index contributed by atoms with van der Waals surface area (Å²) in [7, 11) is 9.01. The van der Waals surface area contributed by atoms with Crippen LogP contribution in [0, 0.1) is 0 Å². The zero-order chi connectivity index (χ0) is 19.9. The van der Waals surface area contributed by atoms with Crippen LogP contribution in [0.3, 0.4) is 0 Å². The summed E-state index contributed by atoms with van der Waals surface area (Å²) in [5, 5.41) is 10.3. The molecule has 4 atom stereocenters. The van der Waals surface area contributed by atoms with Crippen molar-refractivity contribution in [2.45, 2.75) is 49.9 Å². The van der Waals surface area contributed by atoms with E-state index in [1.807, 2.05) is 0 Å². The van der Waals surface area contributed by atoms with Crippen LogP contribution >= 0.6 is 0 Å². The molecule has 2 fully saturated rings. The summed E-state index contributed by atoms with van der Waals surface area (Å²) in [6.45, 7) is 8.73. The number of hydrogen-bond donors (Lipinski definition) is 0. The number of piperidine rings is 1. The third-order valence-electron chi connectivity index (χ3n) is 6.46. The van der Waals surface area contributed by atoms with E-state index < -0.39 is 0 Å². The van der Waals surface area contributed by atoms with E-state index in [9.17, 15) is 0 Å². The maximum Gasteiger partial charge on any atom is 2.00 e. The van der Waals surface area contributed by atoms with Crippen LogP contribution in [-0.2, 0) is 16.8 Å². The van der Waals surface area contributed by atoms with Gasteiger partial charge in [-0.3, -0.25) is 0 Å². The van der Waals surface area contributed by atoms with Gasteiger partial charge in [-0.15, -0.1) is 30.2 Å². The van der Waals surface area contributed by atoms with Gasteiger partial charge in [0, 0.05) is 26.2 Å². The molecule has 0 saturated carbocycles. The molecule has 3 aliphatic heterocycles. The molecule has 0 aromatic heterocycles. The van der Waals surface area contributed by atoms with Gasteiger partial charge >= 0.3 is 16.8 Å². The topological polar surface area (TPSA) is 41.2 Å². The first kappa shape index (κ1) is 25.3. The molecule has 2 saturated heterocycles. The third-order valence-corrected chi connectivity index (χ3v) is 6.46. The summed E-state index contributed by atoms with van der Waals surface area (Å²) in [6.07, 6.45) is 9.60. The summed E-state index contributed by atoms with van der Waals surface area (Å²) in [4.78, 5) is 9.87. The van der Waals surface area contributed by atoms with E-state index in [2.05, 4.69) is 59.9 Å². The molecule has 7 heteroatoms. The van der Waals surface area contributed by atoms with E-state index in [1.54, 1.807) is 0 Å². The monoisotopic (exact) mass is 449 g/mol. The largest absolute Gasteiger partial charge is 2.00 e. The molecule has 0 spiro atoms.